The van der Waals surface area contributed by atoms with E-state index in [-0.39, 0.29) is 5.43 Å². The number of hydrogen-bond donors (Lipinski definition) is 0. The van der Waals surface area contributed by atoms with Crippen LogP contribution in [0.4, 0.5) is 0 Å². The Hall–Kier alpha value is -2.96. The number of hydrogen-bond acceptors (Lipinski definition) is 5. The smallest absolute Gasteiger partial charge is 0.193 e. The van der Waals surface area contributed by atoms with E-state index in [1.165, 1.54) is 5.56 Å². The molecular weight excluding hydrogens is 378 g/mol. The lowest BCUT2D eigenvalue weighted by Gasteiger charge is -2.26. The summed E-state index contributed by atoms with van der Waals surface area (Å²) < 4.78 is 13.3. The zero-order valence-corrected chi connectivity index (χ0v) is 16.9. The van der Waals surface area contributed by atoms with Crippen molar-refractivity contribution in [3.63, 3.8) is 0 Å². The lowest BCUT2D eigenvalue weighted by Crippen LogP contribution is -2.36. The molecule has 5 rings (SSSR count). The Kier molecular flexibility index (Phi) is 5.34. The van der Waals surface area contributed by atoms with Crippen molar-refractivity contribution in [1.82, 2.24) is 14.3 Å². The van der Waals surface area contributed by atoms with E-state index in [0.717, 1.165) is 57.6 Å². The van der Waals surface area contributed by atoms with Gasteiger partial charge in [-0.05, 0) is 61.7 Å². The maximum atomic E-state index is 12.8. The van der Waals surface area contributed by atoms with Crippen molar-refractivity contribution in [3.05, 3.63) is 70.8 Å². The molecule has 4 aromatic rings. The van der Waals surface area contributed by atoms with E-state index >= 15 is 0 Å². The fourth-order valence-electron chi connectivity index (χ4n) is 4.05. The van der Waals surface area contributed by atoms with E-state index in [4.69, 9.17) is 9.15 Å². The highest BCUT2D eigenvalue weighted by Crippen LogP contribution is 2.23. The van der Waals surface area contributed by atoms with Crippen LogP contribution in [-0.4, -0.2) is 47.1 Å². The van der Waals surface area contributed by atoms with Crippen molar-refractivity contribution < 1.29 is 9.15 Å². The van der Waals surface area contributed by atoms with Crippen LogP contribution in [0, 0.1) is 0 Å². The Labute approximate surface area is 174 Å². The first-order valence-corrected chi connectivity index (χ1v) is 10.6. The average Bonchev–Trinajstić information content (AvgIpc) is 3.25. The van der Waals surface area contributed by atoms with E-state index in [9.17, 15) is 4.79 Å². The molecule has 3 aromatic heterocycles. The molecule has 0 spiro atoms. The van der Waals surface area contributed by atoms with Crippen LogP contribution in [0.15, 0.2) is 64.2 Å². The summed E-state index contributed by atoms with van der Waals surface area (Å²) in [5.41, 5.74) is 3.42. The summed E-state index contributed by atoms with van der Waals surface area (Å²) in [7, 11) is 0. The van der Waals surface area contributed by atoms with Crippen LogP contribution in [-0.2, 0) is 11.2 Å². The van der Waals surface area contributed by atoms with E-state index in [1.54, 1.807) is 12.4 Å². The third-order valence-electron chi connectivity index (χ3n) is 5.76. The van der Waals surface area contributed by atoms with E-state index in [2.05, 4.69) is 16.0 Å². The van der Waals surface area contributed by atoms with Crippen LogP contribution >= 0.6 is 0 Å². The summed E-state index contributed by atoms with van der Waals surface area (Å²) in [4.78, 5) is 19.6. The summed E-state index contributed by atoms with van der Waals surface area (Å²) in [6.45, 7) is 4.87. The SMILES string of the molecule is O=c1cc(-c2cc3cccn3cn2)oc2ccc(CCCCN3CCOCC3)cc12. The molecule has 0 aliphatic carbocycles. The Morgan fingerprint density at radius 3 is 2.83 bits per heavy atom. The van der Waals surface area contributed by atoms with Crippen LogP contribution in [0.5, 0.6) is 0 Å². The van der Waals surface area contributed by atoms with Crippen molar-refractivity contribution >= 4 is 16.5 Å². The van der Waals surface area contributed by atoms with Gasteiger partial charge in [0.2, 0.25) is 0 Å². The first-order chi connectivity index (χ1) is 14.8. The molecule has 4 heterocycles. The summed E-state index contributed by atoms with van der Waals surface area (Å²) in [6, 6.07) is 13.4. The van der Waals surface area contributed by atoms with Crippen LogP contribution in [0.2, 0.25) is 0 Å². The Morgan fingerprint density at radius 1 is 1.03 bits per heavy atom. The quantitative estimate of drug-likeness (QED) is 0.459. The molecule has 0 N–H and O–H groups in total. The molecule has 154 valence electrons. The van der Waals surface area contributed by atoms with Crippen molar-refractivity contribution in [2.75, 3.05) is 32.8 Å². The van der Waals surface area contributed by atoms with Crippen molar-refractivity contribution in [1.29, 1.82) is 0 Å². The van der Waals surface area contributed by atoms with Crippen molar-refractivity contribution in [2.24, 2.45) is 0 Å². The molecular formula is C24H25N3O3. The number of rotatable bonds is 6. The van der Waals surface area contributed by atoms with Crippen LogP contribution < -0.4 is 5.43 Å². The topological polar surface area (TPSA) is 60.0 Å². The van der Waals surface area contributed by atoms with Crippen molar-refractivity contribution in [3.8, 4) is 11.5 Å². The minimum absolute atomic E-state index is 0.0292. The van der Waals surface area contributed by atoms with Crippen LogP contribution in [0.1, 0.15) is 18.4 Å². The molecule has 6 heteroatoms. The standard InChI is InChI=1S/C24H25N3O3/c28-22-16-24(21-15-19-5-3-9-27(19)17-25-21)30-23-7-6-18(14-20(22)23)4-1-2-8-26-10-12-29-13-11-26/h3,5-7,9,14-17H,1-2,4,8,10-13H2. The number of unbranched alkanes of at least 4 members (excludes halogenated alkanes) is 1. The maximum absolute atomic E-state index is 12.8. The zero-order valence-electron chi connectivity index (χ0n) is 16.9. The highest BCUT2D eigenvalue weighted by atomic mass is 16.5. The molecule has 1 aliphatic rings. The maximum Gasteiger partial charge on any atom is 0.193 e. The predicted molar refractivity (Wildman–Crippen MR) is 117 cm³/mol. The highest BCUT2D eigenvalue weighted by Gasteiger charge is 2.11. The van der Waals surface area contributed by atoms with Gasteiger partial charge in [0.15, 0.2) is 11.2 Å². The number of aromatic nitrogens is 2. The molecule has 0 amide bonds. The van der Waals surface area contributed by atoms with Gasteiger partial charge >= 0.3 is 0 Å². The Balaban J connectivity index is 1.30. The molecule has 1 aromatic carbocycles. The molecule has 6 nitrogen and oxygen atoms in total. The van der Waals surface area contributed by atoms with Gasteiger partial charge in [-0.15, -0.1) is 0 Å². The molecule has 0 radical (unpaired) electrons. The summed E-state index contributed by atoms with van der Waals surface area (Å²) in [6.07, 6.45) is 6.89. The monoisotopic (exact) mass is 403 g/mol. The predicted octanol–water partition coefficient (Wildman–Crippen LogP) is 3.76. The number of ether oxygens (including phenoxy) is 1. The molecule has 0 unspecified atom stereocenters. The second kappa shape index (κ2) is 8.42. The van der Waals surface area contributed by atoms with E-state index in [1.807, 2.05) is 40.9 Å². The Morgan fingerprint density at radius 2 is 1.93 bits per heavy atom. The van der Waals surface area contributed by atoms with Crippen LogP contribution in [0.25, 0.3) is 27.9 Å². The average molecular weight is 403 g/mol. The lowest BCUT2D eigenvalue weighted by atomic mass is 10.1. The zero-order chi connectivity index (χ0) is 20.3. The minimum atomic E-state index is -0.0292. The van der Waals surface area contributed by atoms with Gasteiger partial charge in [-0.25, -0.2) is 4.98 Å². The summed E-state index contributed by atoms with van der Waals surface area (Å²) >= 11 is 0. The second-order valence-corrected chi connectivity index (χ2v) is 7.83. The molecule has 1 saturated heterocycles. The normalized spacial score (nSPS) is 15.2. The number of fused-ring (bicyclic) bond motifs is 2. The second-order valence-electron chi connectivity index (χ2n) is 7.83. The number of nitrogens with zero attached hydrogens (tertiary/aromatic N) is 3. The van der Waals surface area contributed by atoms with E-state index < -0.39 is 0 Å². The van der Waals surface area contributed by atoms with Gasteiger partial charge in [-0.2, -0.15) is 0 Å². The van der Waals surface area contributed by atoms with Gasteiger partial charge in [0, 0.05) is 30.9 Å². The van der Waals surface area contributed by atoms with Crippen molar-refractivity contribution in [2.45, 2.75) is 19.3 Å². The third kappa shape index (κ3) is 4.01. The molecule has 0 atom stereocenters. The van der Waals surface area contributed by atoms with Gasteiger partial charge in [0.1, 0.15) is 11.3 Å². The first-order valence-electron chi connectivity index (χ1n) is 10.6. The summed E-state index contributed by atoms with van der Waals surface area (Å²) in [5.74, 6) is 0.495. The van der Waals surface area contributed by atoms with Gasteiger partial charge in [-0.1, -0.05) is 6.07 Å². The lowest BCUT2D eigenvalue weighted by molar-refractivity contribution is 0.0372. The van der Waals surface area contributed by atoms with Gasteiger partial charge in [0.25, 0.3) is 0 Å². The fourth-order valence-corrected chi connectivity index (χ4v) is 4.05. The first kappa shape index (κ1) is 19.0. The highest BCUT2D eigenvalue weighted by molar-refractivity contribution is 5.79. The number of benzene rings is 1. The molecule has 1 aliphatic heterocycles. The summed E-state index contributed by atoms with van der Waals surface area (Å²) in [5, 5.41) is 0.633. The molecule has 1 fully saturated rings. The van der Waals surface area contributed by atoms with Gasteiger partial charge in [0.05, 0.1) is 24.9 Å². The number of morpholine rings is 1. The number of aryl methyl sites for hydroxylation is 1. The van der Waals surface area contributed by atoms with Gasteiger partial charge < -0.3 is 13.6 Å². The van der Waals surface area contributed by atoms with E-state index in [0.29, 0.717) is 22.4 Å². The molecule has 0 bridgehead atoms. The van der Waals surface area contributed by atoms with Crippen LogP contribution in [0.3, 0.4) is 0 Å². The Bertz CT molecular complexity index is 1220. The minimum Gasteiger partial charge on any atom is -0.454 e. The van der Waals surface area contributed by atoms with Gasteiger partial charge in [-0.3, -0.25) is 9.69 Å². The third-order valence-corrected chi connectivity index (χ3v) is 5.76. The molecule has 30 heavy (non-hydrogen) atoms. The fraction of sp³-hybridized carbons (Fsp3) is 0.333. The largest absolute Gasteiger partial charge is 0.454 e. The molecule has 0 saturated carbocycles.